The maximum Gasteiger partial charge on any atom is 0.326 e. The van der Waals surface area contributed by atoms with E-state index in [9.17, 15) is 93.6 Å². The zero-order valence-corrected chi connectivity index (χ0v) is 49.8. The summed E-state index contributed by atoms with van der Waals surface area (Å²) in [4.78, 5) is 150. The second kappa shape index (κ2) is 34.9. The van der Waals surface area contributed by atoms with Gasteiger partial charge in [-0.2, -0.15) is 11.8 Å². The van der Waals surface area contributed by atoms with E-state index in [1.165, 1.54) is 133 Å². The number of carbonyl (C=O) groups excluding carboxylic acids is 9. The number of primary amides is 1. The summed E-state index contributed by atoms with van der Waals surface area (Å²) in [6, 6.07) is 12.0. The van der Waals surface area contributed by atoms with E-state index >= 15 is 0 Å². The highest BCUT2D eigenvalue weighted by Crippen LogP contribution is 2.18. The molecule has 0 spiro atoms. The summed E-state index contributed by atoms with van der Waals surface area (Å²) < 4.78 is 0. The third-order valence-corrected chi connectivity index (χ3v) is 14.5. The lowest BCUT2D eigenvalue weighted by molar-refractivity contribution is -0.143. The molecule has 5 rings (SSSR count). The Balaban J connectivity index is 1.46. The number of amides is 9. The van der Waals surface area contributed by atoms with Crippen LogP contribution in [0, 0.1) is 0 Å². The van der Waals surface area contributed by atoms with Crippen LogP contribution in [0.2, 0.25) is 0 Å². The Morgan fingerprint density at radius 1 is 0.374 bits per heavy atom. The van der Waals surface area contributed by atoms with E-state index in [1.54, 1.807) is 6.26 Å². The number of benzene rings is 5. The molecule has 0 aliphatic heterocycles. The quantitative estimate of drug-likeness (QED) is 0.0211. The molecular formula is C61H72N10O19S. The molecule has 9 atom stereocenters. The standard InChI is InChI=1S/C61H72N10O19S/c1-91-23-22-43(54(82)70-49(30-52(79)80)60(88)71-50(61(89)90)28-36-10-20-41(77)21-11-36)64-59(87)48(29-51(63)78)69-58(86)47(27-35-8-18-40(76)19-9-35)68-57(85)46(26-34-6-16-39(75)17-7-34)67-56(84)45(25-33-4-14-38(74)15-5-33)66-55(83)44(65-53(81)42(62)31-72)24-32-2-12-37(73)13-3-32/h2-21,42-50,72-77H,22-31,62H2,1H3,(H2,63,78)(H,64,87)(H,65,81)(H,66,83)(H,67,84)(H,68,85)(H,69,86)(H,70,82)(H,71,88)(H,79,80)(H,89,90)/t42-,43-,44-,45-,46-,47-,48-,49-,50-/m0/s1. The van der Waals surface area contributed by atoms with Crippen LogP contribution < -0.4 is 54.0 Å². The van der Waals surface area contributed by atoms with E-state index in [0.29, 0.717) is 27.8 Å². The Morgan fingerprint density at radius 2 is 0.615 bits per heavy atom. The van der Waals surface area contributed by atoms with Crippen LogP contribution in [0.5, 0.6) is 28.7 Å². The third-order valence-electron chi connectivity index (χ3n) is 13.9. The van der Waals surface area contributed by atoms with Gasteiger partial charge < -0.3 is 94.9 Å². The van der Waals surface area contributed by atoms with Crippen LogP contribution >= 0.6 is 11.8 Å². The third kappa shape index (κ3) is 23.9. The van der Waals surface area contributed by atoms with Crippen molar-refractivity contribution in [2.45, 2.75) is 106 Å². The van der Waals surface area contributed by atoms with Crippen molar-refractivity contribution in [2.75, 3.05) is 18.6 Å². The highest BCUT2D eigenvalue weighted by molar-refractivity contribution is 7.98. The zero-order chi connectivity index (χ0) is 66.9. The summed E-state index contributed by atoms with van der Waals surface area (Å²) in [5.41, 5.74) is 13.1. The summed E-state index contributed by atoms with van der Waals surface area (Å²) in [6.45, 7) is -0.800. The molecule has 91 heavy (non-hydrogen) atoms. The number of aromatic hydroxyl groups is 5. The van der Waals surface area contributed by atoms with E-state index in [2.05, 4.69) is 42.5 Å². The van der Waals surface area contributed by atoms with Crippen molar-refractivity contribution in [1.82, 2.24) is 42.5 Å². The van der Waals surface area contributed by atoms with Gasteiger partial charge in [0.2, 0.25) is 53.2 Å². The molecule has 20 N–H and O–H groups in total. The molecule has 0 aromatic heterocycles. The number of aliphatic hydroxyl groups excluding tert-OH is 1. The van der Waals surface area contributed by atoms with Gasteiger partial charge in [0.1, 0.15) is 83.1 Å². The number of aliphatic hydroxyl groups is 1. The number of rotatable bonds is 35. The highest BCUT2D eigenvalue weighted by atomic mass is 32.2. The first-order valence-electron chi connectivity index (χ1n) is 28.1. The van der Waals surface area contributed by atoms with Crippen LogP contribution in [0.15, 0.2) is 121 Å². The smallest absolute Gasteiger partial charge is 0.326 e. The van der Waals surface area contributed by atoms with Crippen molar-refractivity contribution in [3.8, 4) is 28.7 Å². The molecule has 0 bridgehead atoms. The molecule has 0 heterocycles. The van der Waals surface area contributed by atoms with Crippen molar-refractivity contribution in [2.24, 2.45) is 11.5 Å². The molecule has 0 aliphatic carbocycles. The Labute approximate surface area is 524 Å². The first-order valence-corrected chi connectivity index (χ1v) is 29.5. The van der Waals surface area contributed by atoms with Crippen LogP contribution in [0.4, 0.5) is 0 Å². The van der Waals surface area contributed by atoms with Gasteiger partial charge in [-0.3, -0.25) is 47.9 Å². The van der Waals surface area contributed by atoms with E-state index in [0.717, 1.165) is 0 Å². The van der Waals surface area contributed by atoms with E-state index in [4.69, 9.17) is 11.5 Å². The summed E-state index contributed by atoms with van der Waals surface area (Å²) in [7, 11) is 0. The SMILES string of the molecule is CSCC[C@H](NC(=O)[C@H](CC(N)=O)NC(=O)[C@H](Cc1ccc(O)cc1)NC(=O)[C@H](Cc1ccc(O)cc1)NC(=O)[C@H](Cc1ccc(O)cc1)NC(=O)[C@H](Cc1ccc(O)cc1)NC(=O)[C@@H](N)CO)C(=O)N[C@@H](CC(=O)O)C(=O)N[C@@H](Cc1ccc(O)cc1)C(=O)O. The minimum absolute atomic E-state index is 0.107. The van der Waals surface area contributed by atoms with Gasteiger partial charge in [0.25, 0.3) is 0 Å². The predicted molar refractivity (Wildman–Crippen MR) is 326 cm³/mol. The maximum atomic E-state index is 14.9. The molecule has 30 heteroatoms. The number of hydrogen-bond acceptors (Lipinski definition) is 19. The lowest BCUT2D eigenvalue weighted by Crippen LogP contribution is -2.61. The maximum absolute atomic E-state index is 14.9. The Hall–Kier alpha value is -10.5. The average Bonchev–Trinajstić information content (AvgIpc) is 1.27. The van der Waals surface area contributed by atoms with Crippen molar-refractivity contribution >= 4 is 76.9 Å². The number of thioether (sulfide) groups is 1. The summed E-state index contributed by atoms with van der Waals surface area (Å²) in [5.74, 6) is -13.6. The molecule has 0 radical (unpaired) electrons. The fourth-order valence-electron chi connectivity index (χ4n) is 8.94. The summed E-state index contributed by atoms with van der Waals surface area (Å²) in [6.07, 6.45) is -2.22. The average molecular weight is 1280 g/mol. The predicted octanol–water partition coefficient (Wildman–Crippen LogP) is -1.89. The number of nitrogens with two attached hydrogens (primary N) is 2. The zero-order valence-electron chi connectivity index (χ0n) is 48.9. The molecule has 0 saturated heterocycles. The number of hydrogen-bond donors (Lipinski definition) is 18. The van der Waals surface area contributed by atoms with Gasteiger partial charge in [-0.1, -0.05) is 60.7 Å². The number of carboxylic acids is 2. The van der Waals surface area contributed by atoms with E-state index in [1.807, 2.05) is 0 Å². The van der Waals surface area contributed by atoms with Crippen molar-refractivity contribution in [3.05, 3.63) is 149 Å². The van der Waals surface area contributed by atoms with Crippen LogP contribution in [0.25, 0.3) is 0 Å². The molecule has 9 amide bonds. The van der Waals surface area contributed by atoms with Gasteiger partial charge >= 0.3 is 11.9 Å². The minimum atomic E-state index is -1.93. The van der Waals surface area contributed by atoms with E-state index in [-0.39, 0.29) is 66.6 Å². The number of aliphatic carboxylic acids is 2. The minimum Gasteiger partial charge on any atom is -0.508 e. The number of carbonyl (C=O) groups is 11. The summed E-state index contributed by atoms with van der Waals surface area (Å²) in [5, 5.41) is 98.7. The first-order chi connectivity index (χ1) is 43.2. The second-order valence-electron chi connectivity index (χ2n) is 21.0. The Kier molecular flexibility index (Phi) is 27.4. The number of carboxylic acid groups (broad SMARTS) is 2. The molecular weight excluding hydrogens is 1210 g/mol. The Morgan fingerprint density at radius 3 is 0.890 bits per heavy atom. The monoisotopic (exact) mass is 1280 g/mol. The van der Waals surface area contributed by atoms with Gasteiger partial charge in [0, 0.05) is 32.1 Å². The normalized spacial score (nSPS) is 13.9. The van der Waals surface area contributed by atoms with Crippen LogP contribution in [0.3, 0.4) is 0 Å². The molecule has 486 valence electrons. The molecule has 5 aromatic carbocycles. The lowest BCUT2D eigenvalue weighted by atomic mass is 10.00. The van der Waals surface area contributed by atoms with Crippen LogP contribution in [0.1, 0.15) is 47.1 Å². The lowest BCUT2D eigenvalue weighted by Gasteiger charge is -2.28. The molecule has 0 saturated carbocycles. The molecule has 5 aromatic rings. The van der Waals surface area contributed by atoms with Gasteiger partial charge in [-0.05, 0) is 107 Å². The number of phenols is 5. The highest BCUT2D eigenvalue weighted by Gasteiger charge is 2.37. The van der Waals surface area contributed by atoms with Crippen LogP contribution in [-0.2, 0) is 84.8 Å². The van der Waals surface area contributed by atoms with Gasteiger partial charge in [0.15, 0.2) is 0 Å². The molecule has 0 unspecified atom stereocenters. The first kappa shape index (κ1) is 71.3. The Bertz CT molecular complexity index is 3340. The number of phenolic OH excluding ortho intramolecular Hbond substituents is 5. The van der Waals surface area contributed by atoms with E-state index < -0.39 is 145 Å². The van der Waals surface area contributed by atoms with Gasteiger partial charge in [0.05, 0.1) is 19.4 Å². The second-order valence-corrected chi connectivity index (χ2v) is 22.0. The van der Waals surface area contributed by atoms with Gasteiger partial charge in [-0.15, -0.1) is 0 Å². The summed E-state index contributed by atoms with van der Waals surface area (Å²) >= 11 is 1.20. The largest absolute Gasteiger partial charge is 0.508 e. The van der Waals surface area contributed by atoms with Crippen molar-refractivity contribution < 1.29 is 93.6 Å². The fourth-order valence-corrected chi connectivity index (χ4v) is 9.41. The fraction of sp³-hybridized carbons (Fsp3) is 0.328. The molecule has 0 fully saturated rings. The van der Waals surface area contributed by atoms with Gasteiger partial charge in [-0.25, -0.2) is 4.79 Å². The van der Waals surface area contributed by atoms with Crippen LogP contribution in [-0.4, -0.2) is 179 Å². The topological polar surface area (TPSA) is 498 Å². The van der Waals surface area contributed by atoms with Crippen molar-refractivity contribution in [3.63, 3.8) is 0 Å². The van der Waals surface area contributed by atoms with Crippen molar-refractivity contribution in [1.29, 1.82) is 0 Å². The molecule has 29 nitrogen and oxygen atoms in total. The number of nitrogens with one attached hydrogen (secondary N) is 8. The molecule has 0 aliphatic rings.